The second-order valence-electron chi connectivity index (χ2n) is 10.4. The van der Waals surface area contributed by atoms with Gasteiger partial charge in [0.05, 0.1) is 17.8 Å². The van der Waals surface area contributed by atoms with Gasteiger partial charge >= 0.3 is 5.97 Å². The van der Waals surface area contributed by atoms with Gasteiger partial charge in [0.15, 0.2) is 0 Å². The van der Waals surface area contributed by atoms with Crippen molar-refractivity contribution in [3.8, 4) is 0 Å². The molecular formula is C26H45NO4. The van der Waals surface area contributed by atoms with Crippen LogP contribution in [0.3, 0.4) is 0 Å². The molecule has 3 aliphatic rings. The van der Waals surface area contributed by atoms with Gasteiger partial charge < -0.3 is 20.3 Å². The van der Waals surface area contributed by atoms with Crippen molar-refractivity contribution in [2.24, 2.45) is 17.8 Å². The van der Waals surface area contributed by atoms with Crippen LogP contribution in [0.1, 0.15) is 96.8 Å². The highest BCUT2D eigenvalue weighted by Crippen LogP contribution is 2.46. The lowest BCUT2D eigenvalue weighted by Gasteiger charge is -2.33. The normalized spacial score (nSPS) is 30.8. The Morgan fingerprint density at radius 3 is 2.55 bits per heavy atom. The van der Waals surface area contributed by atoms with Crippen LogP contribution in [0.5, 0.6) is 0 Å². The lowest BCUT2D eigenvalue weighted by atomic mass is 9.75. The number of carboxylic acids is 1. The minimum Gasteiger partial charge on any atom is -0.481 e. The smallest absolute Gasteiger partial charge is 0.303 e. The van der Waals surface area contributed by atoms with E-state index in [1.54, 1.807) is 0 Å². The molecule has 0 radical (unpaired) electrons. The summed E-state index contributed by atoms with van der Waals surface area (Å²) in [6.45, 7) is 3.77. The van der Waals surface area contributed by atoms with Crippen molar-refractivity contribution in [3.05, 3.63) is 12.2 Å². The summed E-state index contributed by atoms with van der Waals surface area (Å²) >= 11 is 0. The molecule has 1 saturated carbocycles. The maximum atomic E-state index is 11.1. The van der Waals surface area contributed by atoms with Gasteiger partial charge in [-0.05, 0) is 75.7 Å². The Labute approximate surface area is 189 Å². The first kappa shape index (κ1) is 24.7. The SMILES string of the molecule is CCC(O)(CNCC[C@H]1[C@@H](CC=CCCCC(=O)O)[C@H]2CC[C@@H]1O2)CC1CCCCC1. The standard InChI is InChI=1S/C26H45NO4/c1-2-26(30,18-20-10-6-5-7-11-20)19-27-17-16-22-21(23-14-15-24(22)31-23)12-8-3-4-9-13-25(28)29/h3,8,20-24,27,30H,2,4-7,9-19H2,1H3,(H,28,29)/t21-,22+,23-,24+,26?/m1/s1. The Bertz CT molecular complexity index is 574. The molecule has 5 heteroatoms. The van der Waals surface area contributed by atoms with E-state index < -0.39 is 11.6 Å². The molecule has 2 heterocycles. The van der Waals surface area contributed by atoms with E-state index in [0.29, 0.717) is 42.9 Å². The summed E-state index contributed by atoms with van der Waals surface area (Å²) in [7, 11) is 0. The number of allylic oxidation sites excluding steroid dienone is 2. The minimum absolute atomic E-state index is 0.251. The molecule has 3 fully saturated rings. The number of aliphatic carboxylic acids is 1. The fraction of sp³-hybridized carbons (Fsp3) is 0.885. The highest BCUT2D eigenvalue weighted by molar-refractivity contribution is 5.66. The maximum absolute atomic E-state index is 11.1. The summed E-state index contributed by atoms with van der Waals surface area (Å²) in [5.41, 5.74) is -0.564. The first-order valence-electron chi connectivity index (χ1n) is 13.0. The predicted octanol–water partition coefficient (Wildman–Crippen LogP) is 5.07. The van der Waals surface area contributed by atoms with Crippen LogP contribution in [0.2, 0.25) is 0 Å². The molecular weight excluding hydrogens is 390 g/mol. The molecule has 1 unspecified atom stereocenters. The maximum Gasteiger partial charge on any atom is 0.303 e. The number of carbonyl (C=O) groups is 1. The van der Waals surface area contributed by atoms with Crippen molar-refractivity contribution in [2.45, 2.75) is 115 Å². The molecule has 31 heavy (non-hydrogen) atoms. The average Bonchev–Trinajstić information content (AvgIpc) is 3.36. The van der Waals surface area contributed by atoms with Crippen molar-refractivity contribution in [3.63, 3.8) is 0 Å². The topological polar surface area (TPSA) is 78.8 Å². The van der Waals surface area contributed by atoms with Crippen molar-refractivity contribution >= 4 is 5.97 Å². The average molecular weight is 436 g/mol. The van der Waals surface area contributed by atoms with Crippen LogP contribution in [-0.4, -0.2) is 47.1 Å². The van der Waals surface area contributed by atoms with E-state index in [9.17, 15) is 9.90 Å². The van der Waals surface area contributed by atoms with E-state index in [2.05, 4.69) is 24.4 Å². The Balaban J connectivity index is 1.38. The molecule has 178 valence electrons. The molecule has 3 rings (SSSR count). The van der Waals surface area contributed by atoms with Crippen molar-refractivity contribution in [1.82, 2.24) is 5.32 Å². The third-order valence-electron chi connectivity index (χ3n) is 8.09. The summed E-state index contributed by atoms with van der Waals surface area (Å²) < 4.78 is 6.24. The van der Waals surface area contributed by atoms with Crippen LogP contribution in [0.15, 0.2) is 12.2 Å². The summed E-state index contributed by atoms with van der Waals surface area (Å²) in [5, 5.41) is 23.4. The van der Waals surface area contributed by atoms with Crippen molar-refractivity contribution in [1.29, 1.82) is 0 Å². The molecule has 2 aliphatic heterocycles. The summed E-state index contributed by atoms with van der Waals surface area (Å²) in [4.78, 5) is 10.6. The Hall–Kier alpha value is -0.910. The lowest BCUT2D eigenvalue weighted by molar-refractivity contribution is -0.137. The van der Waals surface area contributed by atoms with E-state index in [1.807, 2.05) is 0 Å². The molecule has 0 aromatic heterocycles. The number of ether oxygens (including phenoxy) is 1. The van der Waals surface area contributed by atoms with E-state index in [0.717, 1.165) is 38.6 Å². The molecule has 0 spiro atoms. The lowest BCUT2D eigenvalue weighted by Crippen LogP contribution is -2.43. The first-order valence-corrected chi connectivity index (χ1v) is 13.0. The van der Waals surface area contributed by atoms with Gasteiger partial charge in [-0.15, -0.1) is 0 Å². The summed E-state index contributed by atoms with van der Waals surface area (Å²) in [6, 6.07) is 0. The second kappa shape index (κ2) is 12.4. The van der Waals surface area contributed by atoms with Gasteiger partial charge in [-0.1, -0.05) is 51.2 Å². The third-order valence-corrected chi connectivity index (χ3v) is 8.09. The molecule has 2 saturated heterocycles. The van der Waals surface area contributed by atoms with Crippen LogP contribution in [-0.2, 0) is 9.53 Å². The third kappa shape index (κ3) is 7.57. The Kier molecular flexibility index (Phi) is 9.86. The molecule has 5 nitrogen and oxygen atoms in total. The van der Waals surface area contributed by atoms with E-state index in [1.165, 1.54) is 44.9 Å². The number of unbranched alkanes of at least 4 members (excludes halogenated alkanes) is 1. The van der Waals surface area contributed by atoms with E-state index >= 15 is 0 Å². The number of hydrogen-bond acceptors (Lipinski definition) is 4. The van der Waals surface area contributed by atoms with Crippen molar-refractivity contribution in [2.75, 3.05) is 13.1 Å². The molecule has 3 N–H and O–H groups in total. The van der Waals surface area contributed by atoms with Gasteiger partial charge in [-0.25, -0.2) is 0 Å². The van der Waals surface area contributed by atoms with Gasteiger partial charge in [0.25, 0.3) is 0 Å². The Morgan fingerprint density at radius 1 is 1.10 bits per heavy atom. The zero-order chi connectivity index (χ0) is 22.1. The van der Waals surface area contributed by atoms with Crippen LogP contribution >= 0.6 is 0 Å². The monoisotopic (exact) mass is 435 g/mol. The molecule has 0 amide bonds. The number of carboxylic acid groups (broad SMARTS) is 1. The molecule has 1 aliphatic carbocycles. The largest absolute Gasteiger partial charge is 0.481 e. The molecule has 0 aromatic rings. The van der Waals surface area contributed by atoms with Gasteiger partial charge in [-0.3, -0.25) is 4.79 Å². The predicted molar refractivity (Wildman–Crippen MR) is 124 cm³/mol. The number of nitrogens with one attached hydrogen (secondary N) is 1. The molecule has 0 aromatic carbocycles. The zero-order valence-electron chi connectivity index (χ0n) is 19.6. The number of rotatable bonds is 14. The molecule has 2 bridgehead atoms. The van der Waals surface area contributed by atoms with Crippen LogP contribution < -0.4 is 5.32 Å². The van der Waals surface area contributed by atoms with Crippen molar-refractivity contribution < 1.29 is 19.7 Å². The second-order valence-corrected chi connectivity index (χ2v) is 10.4. The number of fused-ring (bicyclic) bond motifs is 2. The van der Waals surface area contributed by atoms with Crippen LogP contribution in [0, 0.1) is 17.8 Å². The number of aliphatic hydroxyl groups is 1. The van der Waals surface area contributed by atoms with Gasteiger partial charge in [0, 0.05) is 13.0 Å². The van der Waals surface area contributed by atoms with Crippen LogP contribution in [0.25, 0.3) is 0 Å². The summed E-state index contributed by atoms with van der Waals surface area (Å²) in [6.07, 6.45) is 19.9. The molecule has 5 atom stereocenters. The quantitative estimate of drug-likeness (QED) is 0.262. The van der Waals surface area contributed by atoms with E-state index in [4.69, 9.17) is 9.84 Å². The van der Waals surface area contributed by atoms with Gasteiger partial charge in [0.2, 0.25) is 0 Å². The van der Waals surface area contributed by atoms with Gasteiger partial charge in [0.1, 0.15) is 0 Å². The van der Waals surface area contributed by atoms with Crippen LogP contribution in [0.4, 0.5) is 0 Å². The summed E-state index contributed by atoms with van der Waals surface area (Å²) in [5.74, 6) is 1.17. The number of hydrogen-bond donors (Lipinski definition) is 3. The Morgan fingerprint density at radius 2 is 1.84 bits per heavy atom. The first-order chi connectivity index (χ1) is 15.0. The fourth-order valence-electron chi connectivity index (χ4n) is 6.20. The highest BCUT2D eigenvalue weighted by atomic mass is 16.5. The van der Waals surface area contributed by atoms with Gasteiger partial charge in [-0.2, -0.15) is 0 Å². The fourth-order valence-corrected chi connectivity index (χ4v) is 6.20. The zero-order valence-corrected chi connectivity index (χ0v) is 19.6. The minimum atomic E-state index is -0.712. The van der Waals surface area contributed by atoms with E-state index in [-0.39, 0.29) is 6.42 Å². The highest BCUT2D eigenvalue weighted by Gasteiger charge is 2.47.